The van der Waals surface area contributed by atoms with Gasteiger partial charge in [-0.1, -0.05) is 17.7 Å². The smallest absolute Gasteiger partial charge is 0.302 e. The lowest BCUT2D eigenvalue weighted by Gasteiger charge is -2.19. The largest absolute Gasteiger partial charge is 0.417 e. The van der Waals surface area contributed by atoms with Gasteiger partial charge >= 0.3 is 6.18 Å². The summed E-state index contributed by atoms with van der Waals surface area (Å²) in [7, 11) is 0. The first-order valence-corrected chi connectivity index (χ1v) is 4.90. The monoisotopic (exact) mass is 250 g/mol. The van der Waals surface area contributed by atoms with Crippen LogP contribution in [0.1, 0.15) is 25.0 Å². The van der Waals surface area contributed by atoms with Crippen LogP contribution in [0.3, 0.4) is 0 Å². The van der Waals surface area contributed by atoms with Gasteiger partial charge in [-0.15, -0.1) is 0 Å². The summed E-state index contributed by atoms with van der Waals surface area (Å²) in [5.41, 5.74) is -1.58. The van der Waals surface area contributed by atoms with Crippen molar-refractivity contribution >= 4 is 17.9 Å². The van der Waals surface area contributed by atoms with E-state index in [1.54, 1.807) is 13.8 Å². The SMILES string of the molecule is CC(C)(C=O)c1ccc(Cl)c(C(F)(F)F)c1. The summed E-state index contributed by atoms with van der Waals surface area (Å²) in [6.07, 6.45) is -3.90. The molecule has 0 atom stereocenters. The summed E-state index contributed by atoms with van der Waals surface area (Å²) < 4.78 is 37.6. The second-order valence-corrected chi connectivity index (χ2v) is 4.44. The number of benzene rings is 1. The van der Waals surface area contributed by atoms with Crippen LogP contribution >= 0.6 is 11.6 Å². The predicted molar refractivity (Wildman–Crippen MR) is 55.5 cm³/mol. The van der Waals surface area contributed by atoms with Crippen LogP contribution in [0.25, 0.3) is 0 Å². The zero-order valence-electron chi connectivity index (χ0n) is 8.73. The molecule has 0 aliphatic rings. The van der Waals surface area contributed by atoms with Crippen molar-refractivity contribution < 1.29 is 18.0 Å². The maximum Gasteiger partial charge on any atom is 0.417 e. The number of carbonyl (C=O) groups excluding carboxylic acids is 1. The topological polar surface area (TPSA) is 17.1 Å². The Morgan fingerprint density at radius 2 is 1.81 bits per heavy atom. The number of halogens is 4. The van der Waals surface area contributed by atoms with Crippen molar-refractivity contribution in [3.8, 4) is 0 Å². The molecule has 0 amide bonds. The molecule has 1 aromatic carbocycles. The normalized spacial score (nSPS) is 12.6. The maximum atomic E-state index is 12.5. The van der Waals surface area contributed by atoms with Crippen molar-refractivity contribution in [2.75, 3.05) is 0 Å². The quantitative estimate of drug-likeness (QED) is 0.729. The minimum Gasteiger partial charge on any atom is -0.302 e. The highest BCUT2D eigenvalue weighted by molar-refractivity contribution is 6.31. The molecule has 88 valence electrons. The van der Waals surface area contributed by atoms with Crippen molar-refractivity contribution in [3.05, 3.63) is 34.3 Å². The molecule has 0 N–H and O–H groups in total. The fraction of sp³-hybridized carbons (Fsp3) is 0.364. The lowest BCUT2D eigenvalue weighted by molar-refractivity contribution is -0.137. The van der Waals surface area contributed by atoms with Gasteiger partial charge in [-0.05, 0) is 31.5 Å². The number of alkyl halides is 3. The van der Waals surface area contributed by atoms with Gasteiger partial charge in [-0.25, -0.2) is 0 Å². The van der Waals surface area contributed by atoms with Gasteiger partial charge in [0.15, 0.2) is 0 Å². The molecule has 0 heterocycles. The van der Waals surface area contributed by atoms with E-state index in [9.17, 15) is 18.0 Å². The highest BCUT2D eigenvalue weighted by atomic mass is 35.5. The van der Waals surface area contributed by atoms with Crippen molar-refractivity contribution in [2.24, 2.45) is 0 Å². The molecule has 0 aliphatic heterocycles. The minimum atomic E-state index is -4.51. The Bertz CT molecular complexity index is 410. The number of hydrogen-bond acceptors (Lipinski definition) is 1. The van der Waals surface area contributed by atoms with Crippen LogP contribution in [0.5, 0.6) is 0 Å². The zero-order valence-corrected chi connectivity index (χ0v) is 9.49. The average Bonchev–Trinajstić information content (AvgIpc) is 2.16. The van der Waals surface area contributed by atoms with Crippen LogP contribution in [0.2, 0.25) is 5.02 Å². The van der Waals surface area contributed by atoms with E-state index in [-0.39, 0.29) is 5.02 Å². The minimum absolute atomic E-state index is 0.291. The Morgan fingerprint density at radius 3 is 2.25 bits per heavy atom. The molecule has 0 radical (unpaired) electrons. The molecule has 0 bridgehead atoms. The van der Waals surface area contributed by atoms with Crippen LogP contribution in [-0.2, 0) is 16.4 Å². The van der Waals surface area contributed by atoms with Gasteiger partial charge in [0, 0.05) is 5.41 Å². The molecule has 0 aliphatic carbocycles. The summed E-state index contributed by atoms with van der Waals surface area (Å²) in [4.78, 5) is 10.8. The van der Waals surface area contributed by atoms with E-state index in [4.69, 9.17) is 11.6 Å². The molecule has 1 aromatic rings. The fourth-order valence-corrected chi connectivity index (χ4v) is 1.44. The van der Waals surface area contributed by atoms with Gasteiger partial charge in [0.25, 0.3) is 0 Å². The molecule has 0 saturated heterocycles. The Hall–Kier alpha value is -1.03. The second-order valence-electron chi connectivity index (χ2n) is 4.03. The summed E-state index contributed by atoms with van der Waals surface area (Å²) in [6, 6.07) is 3.49. The standard InChI is InChI=1S/C11H10ClF3O/c1-10(2,6-16)7-3-4-9(12)8(5-7)11(13,14)15/h3-6H,1-2H3. The molecule has 1 rings (SSSR count). The van der Waals surface area contributed by atoms with Crippen molar-refractivity contribution in [3.63, 3.8) is 0 Å². The van der Waals surface area contributed by atoms with Gasteiger partial charge in [-0.3, -0.25) is 0 Å². The molecular formula is C11H10ClF3O. The fourth-order valence-electron chi connectivity index (χ4n) is 1.21. The van der Waals surface area contributed by atoms with Gasteiger partial charge in [0.05, 0.1) is 10.6 Å². The highest BCUT2D eigenvalue weighted by Crippen LogP contribution is 2.37. The zero-order chi connectivity index (χ0) is 12.6. The third-order valence-corrected chi connectivity index (χ3v) is 2.64. The highest BCUT2D eigenvalue weighted by Gasteiger charge is 2.34. The third-order valence-electron chi connectivity index (χ3n) is 2.31. The molecular weight excluding hydrogens is 241 g/mol. The van der Waals surface area contributed by atoms with Gasteiger partial charge in [-0.2, -0.15) is 13.2 Å². The molecule has 0 aromatic heterocycles. The lowest BCUT2D eigenvalue weighted by Crippen LogP contribution is -2.20. The maximum absolute atomic E-state index is 12.5. The van der Waals surface area contributed by atoms with Gasteiger partial charge in [0.1, 0.15) is 6.29 Å². The summed E-state index contributed by atoms with van der Waals surface area (Å²) in [6.45, 7) is 3.09. The van der Waals surface area contributed by atoms with E-state index in [2.05, 4.69) is 0 Å². The molecule has 5 heteroatoms. The molecule has 0 unspecified atom stereocenters. The van der Waals surface area contributed by atoms with Crippen LogP contribution < -0.4 is 0 Å². The Kier molecular flexibility index (Phi) is 3.33. The number of rotatable bonds is 2. The van der Waals surface area contributed by atoms with Crippen molar-refractivity contribution in [2.45, 2.75) is 25.4 Å². The summed E-state index contributed by atoms with van der Waals surface area (Å²) >= 11 is 5.47. The van der Waals surface area contributed by atoms with E-state index >= 15 is 0 Å². The summed E-state index contributed by atoms with van der Waals surface area (Å²) in [5.74, 6) is 0. The van der Waals surface area contributed by atoms with Crippen LogP contribution in [-0.4, -0.2) is 6.29 Å². The molecule has 0 fully saturated rings. The Labute approximate surface area is 96.2 Å². The van der Waals surface area contributed by atoms with Crippen LogP contribution in [0, 0.1) is 0 Å². The van der Waals surface area contributed by atoms with Gasteiger partial charge < -0.3 is 4.79 Å². The molecule has 0 spiro atoms. The number of aldehydes is 1. The van der Waals surface area contributed by atoms with E-state index in [0.717, 1.165) is 12.1 Å². The van der Waals surface area contributed by atoms with E-state index < -0.39 is 17.2 Å². The third kappa shape index (κ3) is 2.55. The second kappa shape index (κ2) is 4.09. The first-order valence-electron chi connectivity index (χ1n) is 4.52. The van der Waals surface area contributed by atoms with Crippen LogP contribution in [0.15, 0.2) is 18.2 Å². The Balaban J connectivity index is 3.34. The first-order chi connectivity index (χ1) is 7.18. The van der Waals surface area contributed by atoms with Gasteiger partial charge in [0.2, 0.25) is 0 Å². The average molecular weight is 251 g/mol. The van der Waals surface area contributed by atoms with Crippen molar-refractivity contribution in [1.82, 2.24) is 0 Å². The number of hydrogen-bond donors (Lipinski definition) is 0. The Morgan fingerprint density at radius 1 is 1.25 bits per heavy atom. The number of carbonyl (C=O) groups is 1. The lowest BCUT2D eigenvalue weighted by atomic mass is 9.85. The molecule has 16 heavy (non-hydrogen) atoms. The molecule has 0 saturated carbocycles. The summed E-state index contributed by atoms with van der Waals surface area (Å²) in [5, 5.41) is -0.363. The molecule has 1 nitrogen and oxygen atoms in total. The first kappa shape index (κ1) is 13.0. The van der Waals surface area contributed by atoms with Crippen LogP contribution in [0.4, 0.5) is 13.2 Å². The van der Waals surface area contributed by atoms with Crippen molar-refractivity contribution in [1.29, 1.82) is 0 Å². The van der Waals surface area contributed by atoms with E-state index in [1.165, 1.54) is 6.07 Å². The van der Waals surface area contributed by atoms with E-state index in [0.29, 0.717) is 11.8 Å². The predicted octanol–water partition coefficient (Wildman–Crippen LogP) is 3.84. The van der Waals surface area contributed by atoms with E-state index in [1.807, 2.05) is 0 Å².